The van der Waals surface area contributed by atoms with Crippen LogP contribution in [0.15, 0.2) is 78.2 Å². The minimum absolute atomic E-state index is 0.0633. The van der Waals surface area contributed by atoms with Gasteiger partial charge in [-0.15, -0.1) is 11.3 Å². The molecule has 1 aromatic carbocycles. The van der Waals surface area contributed by atoms with Crippen LogP contribution in [0, 0.1) is 12.8 Å². The first-order valence-corrected chi connectivity index (χ1v) is 18.3. The van der Waals surface area contributed by atoms with Gasteiger partial charge in [-0.2, -0.15) is 0 Å². The molecule has 2 aliphatic rings. The number of aromatic nitrogens is 5. The van der Waals surface area contributed by atoms with E-state index in [0.717, 1.165) is 55.4 Å². The molecular formula is C38H46N8O3S. The van der Waals surface area contributed by atoms with Crippen molar-refractivity contribution < 1.29 is 9.90 Å². The third-order valence-corrected chi connectivity index (χ3v) is 11.4. The Bertz CT molecular complexity index is 1980. The van der Waals surface area contributed by atoms with Crippen molar-refractivity contribution in [1.29, 1.82) is 0 Å². The number of aliphatic hydroxyl groups is 1. The van der Waals surface area contributed by atoms with Crippen molar-refractivity contribution in [2.24, 2.45) is 5.92 Å². The van der Waals surface area contributed by atoms with E-state index in [2.05, 4.69) is 55.1 Å². The molecule has 7 rings (SSSR count). The molecule has 1 amide bonds. The fraction of sp³-hybridized carbons (Fsp3) is 0.447. The van der Waals surface area contributed by atoms with Crippen molar-refractivity contribution in [2.45, 2.75) is 57.3 Å². The smallest absolute Gasteiger partial charge is 0.262 e. The number of hydrogen-bond donors (Lipinski definition) is 1. The summed E-state index contributed by atoms with van der Waals surface area (Å²) in [5.74, 6) is 0.0847. The Morgan fingerprint density at radius 3 is 2.54 bits per heavy atom. The van der Waals surface area contributed by atoms with E-state index in [1.54, 1.807) is 17.7 Å². The van der Waals surface area contributed by atoms with Crippen molar-refractivity contribution in [3.8, 4) is 10.6 Å². The third-order valence-electron chi connectivity index (χ3n) is 10.3. The molecule has 0 aliphatic carbocycles. The van der Waals surface area contributed by atoms with Gasteiger partial charge in [-0.1, -0.05) is 30.3 Å². The van der Waals surface area contributed by atoms with Crippen LogP contribution in [0.5, 0.6) is 0 Å². The molecule has 5 aromatic rings. The molecule has 2 aliphatic heterocycles. The highest BCUT2D eigenvalue weighted by molar-refractivity contribution is 7.15. The Morgan fingerprint density at radius 1 is 1.00 bits per heavy atom. The molecule has 12 heteroatoms. The maximum absolute atomic E-state index is 14.2. The Balaban J connectivity index is 0.997. The van der Waals surface area contributed by atoms with Crippen molar-refractivity contribution in [3.05, 3.63) is 99.9 Å². The van der Waals surface area contributed by atoms with Gasteiger partial charge in [0.15, 0.2) is 0 Å². The number of hydrogen-bond acceptors (Lipinski definition) is 9. The molecule has 2 saturated heterocycles. The lowest BCUT2D eigenvalue weighted by atomic mass is 9.79. The van der Waals surface area contributed by atoms with Gasteiger partial charge in [-0.25, -0.2) is 9.97 Å². The minimum atomic E-state index is -1.09. The van der Waals surface area contributed by atoms with Gasteiger partial charge in [-0.05, 0) is 70.6 Å². The highest BCUT2D eigenvalue weighted by Crippen LogP contribution is 2.37. The summed E-state index contributed by atoms with van der Waals surface area (Å²) in [5.41, 5.74) is 2.62. The second-order valence-electron chi connectivity index (χ2n) is 14.2. The molecule has 0 radical (unpaired) electrons. The van der Waals surface area contributed by atoms with Crippen molar-refractivity contribution in [1.82, 2.24) is 38.8 Å². The maximum atomic E-state index is 14.2. The van der Waals surface area contributed by atoms with E-state index in [1.165, 1.54) is 15.0 Å². The highest BCUT2D eigenvalue weighted by Gasteiger charge is 2.41. The van der Waals surface area contributed by atoms with Crippen molar-refractivity contribution >= 4 is 28.3 Å². The fourth-order valence-corrected chi connectivity index (χ4v) is 8.33. The fourth-order valence-electron chi connectivity index (χ4n) is 7.39. The average molecular weight is 695 g/mol. The number of amides is 1. The van der Waals surface area contributed by atoms with Crippen LogP contribution >= 0.6 is 11.3 Å². The minimum Gasteiger partial charge on any atom is -0.388 e. The third kappa shape index (κ3) is 7.44. The first-order valence-electron chi connectivity index (χ1n) is 17.5. The number of thiazole rings is 1. The van der Waals surface area contributed by atoms with E-state index < -0.39 is 5.60 Å². The van der Waals surface area contributed by atoms with E-state index in [9.17, 15) is 14.7 Å². The van der Waals surface area contributed by atoms with Crippen molar-refractivity contribution in [2.75, 3.05) is 46.8 Å². The van der Waals surface area contributed by atoms with E-state index in [4.69, 9.17) is 0 Å². The molecule has 6 heterocycles. The standard InChI is InChI=1S/C38H46N8O3S/c1-27-9-10-29(21-39-27)35-40-22-30(50-35)23-43-15-11-31(33(24-43)28-7-5-4-6-8-28)36(47)45-17-13-38(49,14-18-45)25-46-26-41-34-32(37(46)48)12-16-44(34)20-19-42(2)3/h4-10,12,16,21-22,26,31,33,49H,11,13-15,17-20,23-25H2,1-3H3/t31-,33+/m1/s1. The lowest BCUT2D eigenvalue weighted by Crippen LogP contribution is -2.53. The van der Waals surface area contributed by atoms with Gasteiger partial charge in [0, 0.05) is 85.8 Å². The summed E-state index contributed by atoms with van der Waals surface area (Å²) in [5, 5.41) is 13.1. The van der Waals surface area contributed by atoms with Crippen LogP contribution in [0.2, 0.25) is 0 Å². The molecule has 2 atom stereocenters. The average Bonchev–Trinajstić information content (AvgIpc) is 3.77. The molecule has 4 aromatic heterocycles. The normalized spacial score (nSPS) is 19.7. The first-order chi connectivity index (χ1) is 24.2. The van der Waals surface area contributed by atoms with Gasteiger partial charge in [0.25, 0.3) is 5.56 Å². The maximum Gasteiger partial charge on any atom is 0.262 e. The number of aryl methyl sites for hydroxylation is 1. The number of benzene rings is 1. The Kier molecular flexibility index (Phi) is 9.96. The molecule has 50 heavy (non-hydrogen) atoms. The predicted molar refractivity (Wildman–Crippen MR) is 196 cm³/mol. The zero-order valence-corrected chi connectivity index (χ0v) is 29.9. The largest absolute Gasteiger partial charge is 0.388 e. The SMILES string of the molecule is Cc1ccc(-c2ncc(CN3CC[C@@H](C(=O)N4CCC(O)(Cn5cnc6c(ccn6CCN(C)C)c5=O)CC4)[C@H](c4ccccc4)C3)s2)cn1. The number of pyridine rings is 1. The summed E-state index contributed by atoms with van der Waals surface area (Å²) < 4.78 is 3.52. The summed E-state index contributed by atoms with van der Waals surface area (Å²) in [6, 6.07) is 16.3. The zero-order valence-electron chi connectivity index (χ0n) is 29.1. The summed E-state index contributed by atoms with van der Waals surface area (Å²) in [7, 11) is 4.03. The van der Waals surface area contributed by atoms with Gasteiger partial charge in [0.05, 0.1) is 17.5 Å². The molecule has 0 unspecified atom stereocenters. The van der Waals surface area contributed by atoms with Gasteiger partial charge >= 0.3 is 0 Å². The van der Waals surface area contributed by atoms with E-state index in [0.29, 0.717) is 37.0 Å². The molecule has 2 fully saturated rings. The molecule has 0 spiro atoms. The van der Waals surface area contributed by atoms with Crippen LogP contribution in [0.4, 0.5) is 0 Å². The van der Waals surface area contributed by atoms with Crippen LogP contribution in [0.1, 0.15) is 41.3 Å². The number of carbonyl (C=O) groups excluding carboxylic acids is 1. The van der Waals surface area contributed by atoms with Crippen LogP contribution in [-0.4, -0.2) is 102 Å². The Hall–Kier alpha value is -4.23. The number of likely N-dealkylation sites (N-methyl/N-ethyl adjacent to an activating group) is 1. The van der Waals surface area contributed by atoms with E-state index >= 15 is 0 Å². The zero-order chi connectivity index (χ0) is 34.8. The number of fused-ring (bicyclic) bond motifs is 1. The number of nitrogens with zero attached hydrogens (tertiary/aromatic N) is 8. The first kappa shape index (κ1) is 34.2. The van der Waals surface area contributed by atoms with Crippen LogP contribution < -0.4 is 5.56 Å². The lowest BCUT2D eigenvalue weighted by molar-refractivity contribution is -0.142. The lowest BCUT2D eigenvalue weighted by Gasteiger charge is -2.43. The van der Waals surface area contributed by atoms with Gasteiger partial charge in [0.2, 0.25) is 5.91 Å². The van der Waals surface area contributed by atoms with Gasteiger partial charge in [-0.3, -0.25) is 24.0 Å². The number of carbonyl (C=O) groups is 1. The molecule has 1 N–H and O–H groups in total. The Morgan fingerprint density at radius 2 is 1.80 bits per heavy atom. The van der Waals surface area contributed by atoms with E-state index in [-0.39, 0.29) is 29.8 Å². The Labute approximate surface area is 296 Å². The number of piperidine rings is 2. The second kappa shape index (κ2) is 14.6. The predicted octanol–water partition coefficient (Wildman–Crippen LogP) is 4.25. The summed E-state index contributed by atoms with van der Waals surface area (Å²) in [6.45, 7) is 7.04. The monoisotopic (exact) mass is 694 g/mol. The van der Waals surface area contributed by atoms with Gasteiger partial charge < -0.3 is 19.5 Å². The summed E-state index contributed by atoms with van der Waals surface area (Å²) in [4.78, 5) is 48.9. The van der Waals surface area contributed by atoms with Crippen LogP contribution in [0.25, 0.3) is 21.6 Å². The molecule has 0 bridgehead atoms. The van der Waals surface area contributed by atoms with Crippen LogP contribution in [-0.2, 0) is 24.4 Å². The number of likely N-dealkylation sites (tertiary alicyclic amines) is 2. The quantitative estimate of drug-likeness (QED) is 0.231. The molecule has 262 valence electrons. The topological polar surface area (TPSA) is 113 Å². The van der Waals surface area contributed by atoms with E-state index in [1.807, 2.05) is 67.3 Å². The van der Waals surface area contributed by atoms with Crippen LogP contribution in [0.3, 0.4) is 0 Å². The summed E-state index contributed by atoms with van der Waals surface area (Å²) in [6.07, 6.45) is 8.88. The molecule has 11 nitrogen and oxygen atoms in total. The summed E-state index contributed by atoms with van der Waals surface area (Å²) >= 11 is 1.70. The second-order valence-corrected chi connectivity index (χ2v) is 15.4. The number of rotatable bonds is 10. The molecular weight excluding hydrogens is 649 g/mol. The molecule has 0 saturated carbocycles. The van der Waals surface area contributed by atoms with Crippen molar-refractivity contribution in [3.63, 3.8) is 0 Å². The van der Waals surface area contributed by atoms with Gasteiger partial charge in [0.1, 0.15) is 17.0 Å². The highest BCUT2D eigenvalue weighted by atomic mass is 32.1.